The van der Waals surface area contributed by atoms with Crippen molar-refractivity contribution in [3.63, 3.8) is 0 Å². The van der Waals surface area contributed by atoms with Gasteiger partial charge in [0.25, 0.3) is 0 Å². The summed E-state index contributed by atoms with van der Waals surface area (Å²) in [5.41, 5.74) is 2.13. The first-order valence-corrected chi connectivity index (χ1v) is 6.61. The zero-order chi connectivity index (χ0) is 13.5. The largest absolute Gasteiger partial charge is 0.350 e. The molecule has 5 nitrogen and oxygen atoms in total. The lowest BCUT2D eigenvalue weighted by Gasteiger charge is -2.29. The van der Waals surface area contributed by atoms with Crippen LogP contribution in [-0.4, -0.2) is 25.5 Å². The summed E-state index contributed by atoms with van der Waals surface area (Å²) in [6.45, 7) is 5.14. The second kappa shape index (κ2) is 4.33. The molecule has 0 bridgehead atoms. The van der Waals surface area contributed by atoms with Crippen LogP contribution < -0.4 is 0 Å². The molecule has 2 aromatic heterocycles. The van der Waals surface area contributed by atoms with E-state index >= 15 is 0 Å². The van der Waals surface area contributed by atoms with E-state index in [4.69, 9.17) is 0 Å². The number of ketones is 1. The maximum absolute atomic E-state index is 12.1. The summed E-state index contributed by atoms with van der Waals surface area (Å²) < 4.78 is 2.18. The summed E-state index contributed by atoms with van der Waals surface area (Å²) in [6.07, 6.45) is 5.94. The standard InChI is InChI=1S/C14H18N4O/c1-14(2)7-11-10(12(19)8-14)3-5-18(11)6-4-13-15-9-16-17-13/h3,5,9H,4,6-8H2,1-2H3,(H,15,16,17). The van der Waals surface area contributed by atoms with E-state index in [1.54, 1.807) is 0 Å². The summed E-state index contributed by atoms with van der Waals surface area (Å²) >= 11 is 0. The van der Waals surface area contributed by atoms with Crippen molar-refractivity contribution in [3.8, 4) is 0 Å². The van der Waals surface area contributed by atoms with Crippen molar-refractivity contribution in [2.24, 2.45) is 5.41 Å². The normalized spacial score (nSPS) is 17.5. The highest BCUT2D eigenvalue weighted by Gasteiger charge is 2.32. The highest BCUT2D eigenvalue weighted by molar-refractivity contribution is 5.98. The number of Topliss-reactive ketones (excluding diaryl/α,β-unsaturated/α-hetero) is 1. The molecule has 1 aliphatic carbocycles. The topological polar surface area (TPSA) is 63.6 Å². The smallest absolute Gasteiger partial charge is 0.165 e. The molecule has 1 aliphatic rings. The summed E-state index contributed by atoms with van der Waals surface area (Å²) in [5.74, 6) is 1.15. The molecule has 1 N–H and O–H groups in total. The van der Waals surface area contributed by atoms with E-state index in [-0.39, 0.29) is 11.2 Å². The van der Waals surface area contributed by atoms with E-state index in [0.717, 1.165) is 30.8 Å². The van der Waals surface area contributed by atoms with E-state index in [2.05, 4.69) is 33.6 Å². The average Bonchev–Trinajstić information content (AvgIpc) is 2.93. The van der Waals surface area contributed by atoms with Crippen LogP contribution in [0.15, 0.2) is 18.6 Å². The number of aryl methyl sites for hydroxylation is 2. The zero-order valence-corrected chi connectivity index (χ0v) is 11.3. The third-order valence-electron chi connectivity index (χ3n) is 3.72. The van der Waals surface area contributed by atoms with Crippen LogP contribution in [0.5, 0.6) is 0 Å². The molecule has 0 amide bonds. The number of fused-ring (bicyclic) bond motifs is 1. The Morgan fingerprint density at radius 3 is 3.00 bits per heavy atom. The van der Waals surface area contributed by atoms with Gasteiger partial charge in [-0.25, -0.2) is 4.98 Å². The Balaban J connectivity index is 1.82. The van der Waals surface area contributed by atoms with E-state index < -0.39 is 0 Å². The van der Waals surface area contributed by atoms with Gasteiger partial charge in [0.05, 0.1) is 0 Å². The van der Waals surface area contributed by atoms with Gasteiger partial charge in [-0.05, 0) is 17.9 Å². The van der Waals surface area contributed by atoms with E-state index in [1.165, 1.54) is 12.0 Å². The highest BCUT2D eigenvalue weighted by atomic mass is 16.1. The third kappa shape index (κ3) is 2.32. The Morgan fingerprint density at radius 2 is 2.26 bits per heavy atom. The van der Waals surface area contributed by atoms with Crippen molar-refractivity contribution in [1.29, 1.82) is 0 Å². The predicted octanol–water partition coefficient (Wildman–Crippen LogP) is 2.00. The van der Waals surface area contributed by atoms with Crippen molar-refractivity contribution >= 4 is 5.78 Å². The number of nitrogens with zero attached hydrogens (tertiary/aromatic N) is 3. The highest BCUT2D eigenvalue weighted by Crippen LogP contribution is 2.35. The Kier molecular flexibility index (Phi) is 2.77. The van der Waals surface area contributed by atoms with Crippen LogP contribution in [-0.2, 0) is 19.4 Å². The van der Waals surface area contributed by atoms with Crippen LogP contribution in [0, 0.1) is 5.41 Å². The molecule has 0 fully saturated rings. The number of hydrogen-bond donors (Lipinski definition) is 1. The van der Waals surface area contributed by atoms with Gasteiger partial charge >= 0.3 is 0 Å². The SMILES string of the molecule is CC1(C)CC(=O)c2ccn(CCc3ncn[nH]3)c2C1. The molecule has 100 valence electrons. The molecule has 0 atom stereocenters. The number of aromatic nitrogens is 4. The number of rotatable bonds is 3. The Bertz CT molecular complexity index is 595. The molecule has 0 aromatic carbocycles. The van der Waals surface area contributed by atoms with Crippen LogP contribution in [0.3, 0.4) is 0 Å². The second-order valence-corrected chi connectivity index (χ2v) is 5.99. The van der Waals surface area contributed by atoms with E-state index in [0.29, 0.717) is 6.42 Å². The monoisotopic (exact) mass is 258 g/mol. The van der Waals surface area contributed by atoms with Crippen LogP contribution in [0.1, 0.15) is 42.1 Å². The molecule has 0 radical (unpaired) electrons. The lowest BCUT2D eigenvalue weighted by atomic mass is 9.76. The van der Waals surface area contributed by atoms with Crippen molar-refractivity contribution in [3.05, 3.63) is 35.7 Å². The molecule has 5 heteroatoms. The van der Waals surface area contributed by atoms with Crippen LogP contribution >= 0.6 is 0 Å². The number of nitrogens with one attached hydrogen (secondary N) is 1. The molecule has 0 aliphatic heterocycles. The van der Waals surface area contributed by atoms with Crippen LogP contribution in [0.4, 0.5) is 0 Å². The van der Waals surface area contributed by atoms with Gasteiger partial charge in [-0.2, -0.15) is 5.10 Å². The van der Waals surface area contributed by atoms with Crippen LogP contribution in [0.25, 0.3) is 0 Å². The van der Waals surface area contributed by atoms with E-state index in [1.807, 2.05) is 12.3 Å². The minimum atomic E-state index is 0.0619. The van der Waals surface area contributed by atoms with E-state index in [9.17, 15) is 4.79 Å². The molecule has 0 saturated heterocycles. The van der Waals surface area contributed by atoms with Gasteiger partial charge in [0.2, 0.25) is 0 Å². The number of carbonyl (C=O) groups is 1. The fourth-order valence-corrected chi connectivity index (χ4v) is 2.79. The number of H-pyrrole nitrogens is 1. The number of hydrogen-bond acceptors (Lipinski definition) is 3. The number of carbonyl (C=O) groups excluding carboxylic acids is 1. The first kappa shape index (κ1) is 12.1. The Morgan fingerprint density at radius 1 is 1.42 bits per heavy atom. The van der Waals surface area contributed by atoms with Gasteiger partial charge < -0.3 is 4.57 Å². The lowest BCUT2D eigenvalue weighted by Crippen LogP contribution is -2.28. The van der Waals surface area contributed by atoms with Gasteiger partial charge in [0, 0.05) is 36.8 Å². The first-order valence-electron chi connectivity index (χ1n) is 6.61. The van der Waals surface area contributed by atoms with Crippen LogP contribution in [0.2, 0.25) is 0 Å². The summed E-state index contributed by atoms with van der Waals surface area (Å²) in [5, 5.41) is 6.71. The minimum Gasteiger partial charge on any atom is -0.350 e. The maximum Gasteiger partial charge on any atom is 0.165 e. The van der Waals surface area contributed by atoms with Gasteiger partial charge in [-0.15, -0.1) is 0 Å². The third-order valence-corrected chi connectivity index (χ3v) is 3.72. The fraction of sp³-hybridized carbons (Fsp3) is 0.500. The van der Waals surface area contributed by atoms with Gasteiger partial charge in [0.15, 0.2) is 5.78 Å². The molecular formula is C14H18N4O. The van der Waals surface area contributed by atoms with Gasteiger partial charge in [0.1, 0.15) is 12.2 Å². The summed E-state index contributed by atoms with van der Waals surface area (Å²) in [4.78, 5) is 16.2. The van der Waals surface area contributed by atoms with Gasteiger partial charge in [-0.1, -0.05) is 13.8 Å². The molecule has 2 aromatic rings. The summed E-state index contributed by atoms with van der Waals surface area (Å²) in [6, 6.07) is 1.95. The van der Waals surface area contributed by atoms with Crippen molar-refractivity contribution < 1.29 is 4.79 Å². The average molecular weight is 258 g/mol. The Hall–Kier alpha value is -1.91. The fourth-order valence-electron chi connectivity index (χ4n) is 2.79. The first-order chi connectivity index (χ1) is 9.05. The molecule has 0 spiro atoms. The zero-order valence-electron chi connectivity index (χ0n) is 11.3. The molecule has 19 heavy (non-hydrogen) atoms. The summed E-state index contributed by atoms with van der Waals surface area (Å²) in [7, 11) is 0. The molecular weight excluding hydrogens is 240 g/mol. The quantitative estimate of drug-likeness (QED) is 0.915. The predicted molar refractivity (Wildman–Crippen MR) is 71.0 cm³/mol. The minimum absolute atomic E-state index is 0.0619. The van der Waals surface area contributed by atoms with Crippen molar-refractivity contribution in [2.45, 2.75) is 39.7 Å². The van der Waals surface area contributed by atoms with Gasteiger partial charge in [-0.3, -0.25) is 9.89 Å². The molecule has 0 saturated carbocycles. The Labute approximate surface area is 112 Å². The number of aromatic amines is 1. The maximum atomic E-state index is 12.1. The van der Waals surface area contributed by atoms with Crippen molar-refractivity contribution in [2.75, 3.05) is 0 Å². The lowest BCUT2D eigenvalue weighted by molar-refractivity contribution is 0.0910. The molecule has 0 unspecified atom stereocenters. The molecule has 3 rings (SSSR count). The van der Waals surface area contributed by atoms with Crippen molar-refractivity contribution in [1.82, 2.24) is 19.7 Å². The second-order valence-electron chi connectivity index (χ2n) is 5.99. The molecule has 2 heterocycles.